The van der Waals surface area contributed by atoms with Crippen molar-refractivity contribution in [1.82, 2.24) is 0 Å². The highest BCUT2D eigenvalue weighted by Crippen LogP contribution is 2.23. The van der Waals surface area contributed by atoms with Crippen molar-refractivity contribution in [1.29, 1.82) is 0 Å². The molecule has 3 aromatic carbocycles. The summed E-state index contributed by atoms with van der Waals surface area (Å²) >= 11 is 0. The summed E-state index contributed by atoms with van der Waals surface area (Å²) in [6.45, 7) is 2.21. The average Bonchev–Trinajstić information content (AvgIpc) is 2.67. The van der Waals surface area contributed by atoms with E-state index in [1.54, 1.807) is 0 Å². The molecule has 0 atom stereocenters. The van der Waals surface area contributed by atoms with Gasteiger partial charge in [-0.15, -0.1) is 0 Å². The summed E-state index contributed by atoms with van der Waals surface area (Å²) in [5, 5.41) is 0. The Morgan fingerprint density at radius 1 is 0.708 bits per heavy atom. The molecule has 0 amide bonds. The van der Waals surface area contributed by atoms with E-state index < -0.39 is 0 Å². The van der Waals surface area contributed by atoms with Crippen molar-refractivity contribution in [3.8, 4) is 0 Å². The summed E-state index contributed by atoms with van der Waals surface area (Å²) in [6, 6.07) is 31.7. The Morgan fingerprint density at radius 3 is 1.88 bits per heavy atom. The van der Waals surface area contributed by atoms with Gasteiger partial charge in [0.2, 0.25) is 0 Å². The van der Waals surface area contributed by atoms with Gasteiger partial charge in [-0.1, -0.05) is 103 Å². The molecule has 0 aliphatic heterocycles. The Hall–Kier alpha value is -2.86. The third-order valence-corrected chi connectivity index (χ3v) is 4.20. The molecule has 0 heterocycles. The molecule has 0 nitrogen and oxygen atoms in total. The molecule has 24 heavy (non-hydrogen) atoms. The van der Waals surface area contributed by atoms with Crippen molar-refractivity contribution >= 4 is 11.6 Å². The summed E-state index contributed by atoms with van der Waals surface area (Å²) in [4.78, 5) is 0. The molecule has 0 aliphatic rings. The summed E-state index contributed by atoms with van der Waals surface area (Å²) in [5.74, 6) is 0. The minimum absolute atomic E-state index is 0.935. The van der Waals surface area contributed by atoms with Crippen LogP contribution < -0.4 is 0 Å². The van der Waals surface area contributed by atoms with Crippen molar-refractivity contribution in [3.05, 3.63) is 119 Å². The van der Waals surface area contributed by atoms with Gasteiger partial charge in [0.05, 0.1) is 0 Å². The van der Waals surface area contributed by atoms with E-state index in [0.717, 1.165) is 6.42 Å². The van der Waals surface area contributed by atoms with Crippen molar-refractivity contribution in [2.45, 2.75) is 13.3 Å². The summed E-state index contributed by atoms with van der Waals surface area (Å²) in [7, 11) is 0. The van der Waals surface area contributed by atoms with E-state index >= 15 is 0 Å². The van der Waals surface area contributed by atoms with Crippen molar-refractivity contribution in [2.24, 2.45) is 0 Å². The van der Waals surface area contributed by atoms with Gasteiger partial charge in [0.15, 0.2) is 0 Å². The van der Waals surface area contributed by atoms with Crippen molar-refractivity contribution in [3.63, 3.8) is 0 Å². The van der Waals surface area contributed by atoms with Gasteiger partial charge in [-0.25, -0.2) is 0 Å². The molecule has 3 rings (SSSR count). The van der Waals surface area contributed by atoms with Crippen molar-refractivity contribution in [2.75, 3.05) is 0 Å². The zero-order valence-corrected chi connectivity index (χ0v) is 14.0. The minimum atomic E-state index is 0.935. The Kier molecular flexibility index (Phi) is 5.42. The van der Waals surface area contributed by atoms with Crippen LogP contribution in [-0.4, -0.2) is 0 Å². The number of hydrogen-bond donors (Lipinski definition) is 0. The molecule has 0 aliphatic carbocycles. The molecule has 0 bridgehead atoms. The molecule has 0 unspecified atom stereocenters. The second-order valence-electron chi connectivity index (χ2n) is 5.92. The summed E-state index contributed by atoms with van der Waals surface area (Å²) < 4.78 is 0. The molecule has 0 saturated heterocycles. The number of hydrogen-bond acceptors (Lipinski definition) is 0. The third-order valence-electron chi connectivity index (χ3n) is 4.20. The van der Waals surface area contributed by atoms with Crippen LogP contribution in [-0.2, 0) is 6.42 Å². The topological polar surface area (TPSA) is 0 Å². The standard InChI is InChI=1S/C24H22/c1-20(23-15-9-4-10-16-23)24(19-22-13-7-3-8-14-22)18-17-21-11-5-2-6-12-21/h2-18H,19H2,1H3/b18-17+,24-20-. The normalized spacial score (nSPS) is 12.2. The fourth-order valence-electron chi connectivity index (χ4n) is 2.77. The highest BCUT2D eigenvalue weighted by molar-refractivity contribution is 5.72. The van der Waals surface area contributed by atoms with Gasteiger partial charge >= 0.3 is 0 Å². The molecule has 0 heteroatoms. The first-order chi connectivity index (χ1) is 11.8. The van der Waals surface area contributed by atoms with E-state index in [1.807, 2.05) is 6.07 Å². The summed E-state index contributed by atoms with van der Waals surface area (Å²) in [5.41, 5.74) is 6.51. The smallest absolute Gasteiger partial charge is 0.00229 e. The minimum Gasteiger partial charge on any atom is -0.0622 e. The average molecular weight is 310 g/mol. The van der Waals surface area contributed by atoms with Gasteiger partial charge in [-0.3, -0.25) is 0 Å². The van der Waals surface area contributed by atoms with E-state index in [2.05, 4.69) is 104 Å². The highest BCUT2D eigenvalue weighted by Gasteiger charge is 2.04. The lowest BCUT2D eigenvalue weighted by Gasteiger charge is -2.10. The van der Waals surface area contributed by atoms with E-state index in [1.165, 1.54) is 27.8 Å². The van der Waals surface area contributed by atoms with Crippen LogP contribution in [0, 0.1) is 0 Å². The fraction of sp³-hybridized carbons (Fsp3) is 0.0833. The van der Waals surface area contributed by atoms with Crippen LogP contribution in [0.5, 0.6) is 0 Å². The van der Waals surface area contributed by atoms with E-state index in [9.17, 15) is 0 Å². The maximum absolute atomic E-state index is 2.25. The molecular formula is C24H22. The third kappa shape index (κ3) is 4.33. The van der Waals surface area contributed by atoms with Crippen molar-refractivity contribution < 1.29 is 0 Å². The number of rotatable bonds is 5. The molecule has 0 aromatic heterocycles. The Balaban J connectivity index is 1.96. The first-order valence-electron chi connectivity index (χ1n) is 8.35. The highest BCUT2D eigenvalue weighted by atomic mass is 14.1. The zero-order chi connectivity index (χ0) is 16.6. The lowest BCUT2D eigenvalue weighted by Crippen LogP contribution is -1.92. The second-order valence-corrected chi connectivity index (χ2v) is 5.92. The lowest BCUT2D eigenvalue weighted by molar-refractivity contribution is 1.20. The second kappa shape index (κ2) is 8.12. The van der Waals surface area contributed by atoms with Gasteiger partial charge in [0.25, 0.3) is 0 Å². The van der Waals surface area contributed by atoms with Crippen LogP contribution >= 0.6 is 0 Å². The van der Waals surface area contributed by atoms with Gasteiger partial charge in [-0.05, 0) is 41.2 Å². The van der Waals surface area contributed by atoms with Gasteiger partial charge in [0, 0.05) is 0 Å². The lowest BCUT2D eigenvalue weighted by atomic mass is 9.95. The first kappa shape index (κ1) is 16.0. The maximum Gasteiger partial charge on any atom is -0.00229 e. The first-order valence-corrected chi connectivity index (χ1v) is 8.35. The van der Waals surface area contributed by atoms with Crippen LogP contribution in [0.4, 0.5) is 0 Å². The molecule has 0 saturated carbocycles. The Labute approximate surface area is 144 Å². The van der Waals surface area contributed by atoms with Gasteiger partial charge in [-0.2, -0.15) is 0 Å². The quantitative estimate of drug-likeness (QED) is 0.477. The molecule has 0 N–H and O–H groups in total. The monoisotopic (exact) mass is 310 g/mol. The fourth-order valence-corrected chi connectivity index (χ4v) is 2.77. The molecule has 0 spiro atoms. The predicted octanol–water partition coefficient (Wildman–Crippen LogP) is 6.42. The largest absolute Gasteiger partial charge is 0.0622 e. The van der Waals surface area contributed by atoms with Crippen LogP contribution in [0.3, 0.4) is 0 Å². The van der Waals surface area contributed by atoms with Crippen LogP contribution in [0.25, 0.3) is 11.6 Å². The molecule has 0 fully saturated rings. The number of benzene rings is 3. The molecule has 118 valence electrons. The molecule has 3 aromatic rings. The summed E-state index contributed by atoms with van der Waals surface area (Å²) in [6.07, 6.45) is 5.39. The van der Waals surface area contributed by atoms with E-state index in [4.69, 9.17) is 0 Å². The van der Waals surface area contributed by atoms with Crippen LogP contribution in [0.2, 0.25) is 0 Å². The SMILES string of the molecule is C/C(=C(\C=C\c1ccccc1)Cc1ccccc1)c1ccccc1. The van der Waals surface area contributed by atoms with Gasteiger partial charge < -0.3 is 0 Å². The maximum atomic E-state index is 2.25. The Morgan fingerprint density at radius 2 is 1.25 bits per heavy atom. The van der Waals surface area contributed by atoms with Crippen LogP contribution in [0.15, 0.2) is 103 Å². The van der Waals surface area contributed by atoms with E-state index in [0.29, 0.717) is 0 Å². The molecular weight excluding hydrogens is 288 g/mol. The predicted molar refractivity (Wildman–Crippen MR) is 105 cm³/mol. The zero-order valence-electron chi connectivity index (χ0n) is 14.0. The molecule has 0 radical (unpaired) electrons. The Bertz CT molecular complexity index is 810. The van der Waals surface area contributed by atoms with Crippen LogP contribution in [0.1, 0.15) is 23.6 Å². The number of allylic oxidation sites excluding steroid dienone is 3. The van der Waals surface area contributed by atoms with Gasteiger partial charge in [0.1, 0.15) is 0 Å². The van der Waals surface area contributed by atoms with E-state index in [-0.39, 0.29) is 0 Å².